The van der Waals surface area contributed by atoms with Gasteiger partial charge in [0.05, 0.1) is 4.92 Å². The molecule has 2 rings (SSSR count). The molecule has 0 aliphatic heterocycles. The van der Waals surface area contributed by atoms with Crippen molar-refractivity contribution in [1.82, 2.24) is 4.57 Å². The number of nitrogens with one attached hydrogen (secondary N) is 1. The van der Waals surface area contributed by atoms with E-state index in [1.807, 2.05) is 13.0 Å². The zero-order valence-corrected chi connectivity index (χ0v) is 11.1. The van der Waals surface area contributed by atoms with Crippen molar-refractivity contribution >= 4 is 11.4 Å². The zero-order chi connectivity index (χ0) is 14.5. The number of hydrogen-bond donors (Lipinski definition) is 1. The summed E-state index contributed by atoms with van der Waals surface area (Å²) in [6.07, 6.45) is 3.32. The third-order valence-electron chi connectivity index (χ3n) is 2.85. The van der Waals surface area contributed by atoms with Crippen LogP contribution in [0.15, 0.2) is 47.5 Å². The summed E-state index contributed by atoms with van der Waals surface area (Å²) in [5, 5.41) is 14.0. The lowest BCUT2D eigenvalue weighted by atomic mass is 10.1. The fourth-order valence-electron chi connectivity index (χ4n) is 1.93. The highest BCUT2D eigenvalue weighted by Crippen LogP contribution is 2.25. The van der Waals surface area contributed by atoms with E-state index >= 15 is 0 Å². The van der Waals surface area contributed by atoms with E-state index in [0.717, 1.165) is 5.56 Å². The summed E-state index contributed by atoms with van der Waals surface area (Å²) in [6, 6.07) is 8.02. The molecule has 2 aromatic rings. The maximum atomic E-state index is 11.1. The molecule has 0 saturated carbocycles. The predicted molar refractivity (Wildman–Crippen MR) is 77.1 cm³/mol. The molecule has 0 fully saturated rings. The number of nitrogens with zero attached hydrogens (tertiary/aromatic N) is 2. The molecule has 0 aliphatic rings. The van der Waals surface area contributed by atoms with Crippen molar-refractivity contribution < 1.29 is 4.92 Å². The fraction of sp³-hybridized carbons (Fsp3) is 0.214. The lowest BCUT2D eigenvalue weighted by Crippen LogP contribution is -2.06. The van der Waals surface area contributed by atoms with Crippen molar-refractivity contribution in [2.24, 2.45) is 0 Å². The molecule has 0 radical (unpaired) electrons. The summed E-state index contributed by atoms with van der Waals surface area (Å²) >= 11 is 0. The van der Waals surface area contributed by atoms with Crippen molar-refractivity contribution in [3.8, 4) is 0 Å². The van der Waals surface area contributed by atoms with Crippen molar-refractivity contribution in [3.05, 3.63) is 68.6 Å². The number of hydrogen-bond acceptors (Lipinski definition) is 4. The van der Waals surface area contributed by atoms with Gasteiger partial charge in [-0.15, -0.1) is 0 Å². The van der Waals surface area contributed by atoms with Crippen LogP contribution in [-0.2, 0) is 6.54 Å². The number of benzene rings is 1. The highest BCUT2D eigenvalue weighted by atomic mass is 16.6. The van der Waals surface area contributed by atoms with E-state index < -0.39 is 4.92 Å². The molecule has 0 saturated heterocycles. The van der Waals surface area contributed by atoms with Gasteiger partial charge in [-0.3, -0.25) is 14.9 Å². The normalized spacial score (nSPS) is 10.2. The summed E-state index contributed by atoms with van der Waals surface area (Å²) in [4.78, 5) is 21.7. The first-order valence-corrected chi connectivity index (χ1v) is 6.27. The van der Waals surface area contributed by atoms with Gasteiger partial charge < -0.3 is 9.88 Å². The van der Waals surface area contributed by atoms with Gasteiger partial charge in [0.25, 0.3) is 5.69 Å². The third kappa shape index (κ3) is 3.23. The second-order valence-corrected chi connectivity index (χ2v) is 4.35. The second kappa shape index (κ2) is 6.01. The summed E-state index contributed by atoms with van der Waals surface area (Å²) in [6.45, 7) is 2.99. The van der Waals surface area contributed by atoms with Gasteiger partial charge in [-0.1, -0.05) is 6.07 Å². The molecule has 0 spiro atoms. The highest BCUT2D eigenvalue weighted by Gasteiger charge is 2.13. The minimum Gasteiger partial charge on any atom is -0.380 e. The van der Waals surface area contributed by atoms with Crippen molar-refractivity contribution in [2.45, 2.75) is 13.5 Å². The Bertz CT molecular complexity index is 659. The predicted octanol–water partition coefficient (Wildman–Crippen LogP) is 2.24. The smallest absolute Gasteiger partial charge is 0.292 e. The quantitative estimate of drug-likeness (QED) is 0.669. The van der Waals surface area contributed by atoms with E-state index in [1.54, 1.807) is 29.1 Å². The lowest BCUT2D eigenvalue weighted by molar-refractivity contribution is -0.384. The summed E-state index contributed by atoms with van der Waals surface area (Å²) < 4.78 is 1.80. The Morgan fingerprint density at radius 3 is 2.55 bits per heavy atom. The first kappa shape index (κ1) is 13.8. The summed E-state index contributed by atoms with van der Waals surface area (Å²) in [7, 11) is 0. The van der Waals surface area contributed by atoms with Crippen LogP contribution in [0, 0.1) is 10.1 Å². The topological polar surface area (TPSA) is 77.2 Å². The van der Waals surface area contributed by atoms with Gasteiger partial charge in [-0.25, -0.2) is 0 Å². The van der Waals surface area contributed by atoms with E-state index in [9.17, 15) is 14.9 Å². The Morgan fingerprint density at radius 2 is 1.95 bits per heavy atom. The molecule has 1 heterocycles. The van der Waals surface area contributed by atoms with Crippen molar-refractivity contribution in [3.63, 3.8) is 0 Å². The van der Waals surface area contributed by atoms with Crippen LogP contribution in [0.1, 0.15) is 12.5 Å². The van der Waals surface area contributed by atoms with E-state index in [0.29, 0.717) is 18.8 Å². The first-order chi connectivity index (χ1) is 9.60. The summed E-state index contributed by atoms with van der Waals surface area (Å²) in [5.74, 6) is 0. The molecule has 0 unspecified atom stereocenters. The molecule has 0 atom stereocenters. The van der Waals surface area contributed by atoms with E-state index in [2.05, 4.69) is 5.32 Å². The van der Waals surface area contributed by atoms with E-state index in [4.69, 9.17) is 0 Å². The zero-order valence-electron chi connectivity index (χ0n) is 11.1. The number of rotatable bonds is 5. The lowest BCUT2D eigenvalue weighted by Gasteiger charge is -2.09. The SMILES string of the molecule is CCNc1ccc(Cn2ccc(=O)cc2)cc1[N+](=O)[O-]. The molecule has 20 heavy (non-hydrogen) atoms. The molecule has 0 amide bonds. The number of anilines is 1. The Labute approximate surface area is 115 Å². The van der Waals surface area contributed by atoms with Crippen LogP contribution in [0.3, 0.4) is 0 Å². The van der Waals surface area contributed by atoms with Crippen molar-refractivity contribution in [2.75, 3.05) is 11.9 Å². The van der Waals surface area contributed by atoms with Gasteiger partial charge in [0.15, 0.2) is 5.43 Å². The minimum atomic E-state index is -0.396. The Balaban J connectivity index is 2.28. The number of nitro benzene ring substituents is 1. The maximum Gasteiger partial charge on any atom is 0.292 e. The van der Waals surface area contributed by atoms with E-state index in [-0.39, 0.29) is 11.1 Å². The molecule has 6 heteroatoms. The maximum absolute atomic E-state index is 11.1. The summed E-state index contributed by atoms with van der Waals surface area (Å²) in [5.41, 5.74) is 1.32. The second-order valence-electron chi connectivity index (χ2n) is 4.35. The van der Waals surface area contributed by atoms with E-state index in [1.165, 1.54) is 12.1 Å². The largest absolute Gasteiger partial charge is 0.380 e. The standard InChI is InChI=1S/C14H15N3O3/c1-2-15-13-4-3-11(9-14(13)17(19)20)10-16-7-5-12(18)6-8-16/h3-9,15H,2,10H2,1H3. The monoisotopic (exact) mass is 273 g/mol. The molecule has 0 bridgehead atoms. The van der Waals surface area contributed by atoms with Gasteiger partial charge in [0.1, 0.15) is 5.69 Å². The van der Waals surface area contributed by atoms with Crippen LogP contribution in [0.25, 0.3) is 0 Å². The van der Waals surface area contributed by atoms with Crippen LogP contribution in [-0.4, -0.2) is 16.0 Å². The van der Waals surface area contributed by atoms with Crippen LogP contribution < -0.4 is 10.7 Å². The van der Waals surface area contributed by atoms with Gasteiger partial charge in [0, 0.05) is 43.7 Å². The van der Waals surface area contributed by atoms with Gasteiger partial charge >= 0.3 is 0 Å². The number of aromatic nitrogens is 1. The molecule has 1 N–H and O–H groups in total. The Hall–Kier alpha value is -2.63. The third-order valence-corrected chi connectivity index (χ3v) is 2.85. The van der Waals surface area contributed by atoms with Crippen molar-refractivity contribution in [1.29, 1.82) is 0 Å². The molecule has 1 aromatic heterocycles. The van der Waals surface area contributed by atoms with Gasteiger partial charge in [-0.2, -0.15) is 0 Å². The van der Waals surface area contributed by atoms with Crippen LogP contribution in [0.2, 0.25) is 0 Å². The number of pyridine rings is 1. The van der Waals surface area contributed by atoms with Crippen LogP contribution >= 0.6 is 0 Å². The number of nitro groups is 1. The fourth-order valence-corrected chi connectivity index (χ4v) is 1.93. The molecule has 104 valence electrons. The first-order valence-electron chi connectivity index (χ1n) is 6.27. The average Bonchev–Trinajstić information content (AvgIpc) is 2.43. The van der Waals surface area contributed by atoms with Crippen LogP contribution in [0.4, 0.5) is 11.4 Å². The molecular weight excluding hydrogens is 258 g/mol. The highest BCUT2D eigenvalue weighted by molar-refractivity contribution is 5.62. The molecular formula is C14H15N3O3. The van der Waals surface area contributed by atoms with Gasteiger partial charge in [0.2, 0.25) is 0 Å². The van der Waals surface area contributed by atoms with Gasteiger partial charge in [-0.05, 0) is 18.6 Å². The Morgan fingerprint density at radius 1 is 1.25 bits per heavy atom. The van der Waals surface area contributed by atoms with Crippen LogP contribution in [0.5, 0.6) is 0 Å². The average molecular weight is 273 g/mol. The minimum absolute atomic E-state index is 0.0604. The molecule has 1 aromatic carbocycles. The molecule has 6 nitrogen and oxygen atoms in total. The Kier molecular flexibility index (Phi) is 4.14. The molecule has 0 aliphatic carbocycles.